The molecule has 1 fully saturated rings. The van der Waals surface area contributed by atoms with E-state index in [1.54, 1.807) is 6.07 Å². The third-order valence-corrected chi connectivity index (χ3v) is 3.32. The maximum atomic E-state index is 13.6. The average Bonchev–Trinajstić information content (AvgIpc) is 2.43. The third kappa shape index (κ3) is 3.18. The molecule has 21 heavy (non-hydrogen) atoms. The highest BCUT2D eigenvalue weighted by molar-refractivity contribution is 6.04. The molecular formula is C14H15FN2O4. The van der Waals surface area contributed by atoms with E-state index in [1.165, 1.54) is 31.1 Å². The van der Waals surface area contributed by atoms with E-state index < -0.39 is 29.6 Å². The summed E-state index contributed by atoms with van der Waals surface area (Å²) in [6, 6.07) is 3.47. The summed E-state index contributed by atoms with van der Waals surface area (Å²) in [4.78, 5) is 36.2. The molecule has 6 nitrogen and oxygen atoms in total. The van der Waals surface area contributed by atoms with Gasteiger partial charge in [0.25, 0.3) is 0 Å². The average molecular weight is 294 g/mol. The van der Waals surface area contributed by atoms with Crippen molar-refractivity contribution in [3.8, 4) is 5.75 Å². The molecule has 1 N–H and O–H groups in total. The topological polar surface area (TPSA) is 75.7 Å². The molecule has 1 unspecified atom stereocenters. The summed E-state index contributed by atoms with van der Waals surface area (Å²) < 4.78 is 18.4. The van der Waals surface area contributed by atoms with Gasteiger partial charge in [0.1, 0.15) is 12.6 Å². The second-order valence-corrected chi connectivity index (χ2v) is 4.76. The molecule has 1 aliphatic heterocycles. The Bertz CT molecular complexity index is 603. The molecule has 0 radical (unpaired) electrons. The van der Waals surface area contributed by atoms with Crippen molar-refractivity contribution in [2.45, 2.75) is 19.4 Å². The molecule has 7 heteroatoms. The van der Waals surface area contributed by atoms with Gasteiger partial charge >= 0.3 is 0 Å². The molecule has 1 aromatic carbocycles. The Morgan fingerprint density at radius 2 is 2.19 bits per heavy atom. The maximum Gasteiger partial charge on any atom is 0.249 e. The highest BCUT2D eigenvalue weighted by atomic mass is 19.1. The van der Waals surface area contributed by atoms with Crippen molar-refractivity contribution < 1.29 is 23.5 Å². The van der Waals surface area contributed by atoms with E-state index in [0.717, 1.165) is 0 Å². The van der Waals surface area contributed by atoms with Crippen LogP contribution in [0.15, 0.2) is 18.2 Å². The van der Waals surface area contributed by atoms with Gasteiger partial charge in [-0.15, -0.1) is 0 Å². The molecule has 2 rings (SSSR count). The van der Waals surface area contributed by atoms with Gasteiger partial charge in [-0.2, -0.15) is 0 Å². The van der Waals surface area contributed by atoms with Gasteiger partial charge in [0.05, 0.1) is 13.5 Å². The summed E-state index contributed by atoms with van der Waals surface area (Å²) in [7, 11) is 1.35. The number of carbonyl (C=O) groups excluding carboxylic acids is 3. The SMILES string of the molecule is COc1ccc(CC(=O)N2CC(=O)NC(=O)C2C)cc1F. The van der Waals surface area contributed by atoms with Gasteiger partial charge in [0, 0.05) is 0 Å². The lowest BCUT2D eigenvalue weighted by Gasteiger charge is -2.31. The first-order valence-electron chi connectivity index (χ1n) is 6.38. The fraction of sp³-hybridized carbons (Fsp3) is 0.357. The van der Waals surface area contributed by atoms with E-state index >= 15 is 0 Å². The van der Waals surface area contributed by atoms with Gasteiger partial charge in [0.15, 0.2) is 11.6 Å². The van der Waals surface area contributed by atoms with Crippen molar-refractivity contribution in [2.24, 2.45) is 0 Å². The molecule has 0 spiro atoms. The Morgan fingerprint density at radius 1 is 1.48 bits per heavy atom. The van der Waals surface area contributed by atoms with E-state index in [-0.39, 0.29) is 18.7 Å². The molecule has 0 bridgehead atoms. The van der Waals surface area contributed by atoms with Crippen LogP contribution < -0.4 is 10.1 Å². The first-order chi connectivity index (χ1) is 9.92. The molecule has 1 aliphatic rings. The van der Waals surface area contributed by atoms with Crippen molar-refractivity contribution in [3.05, 3.63) is 29.6 Å². The lowest BCUT2D eigenvalue weighted by Crippen LogP contribution is -2.58. The number of halogens is 1. The van der Waals surface area contributed by atoms with Crippen molar-refractivity contribution in [3.63, 3.8) is 0 Å². The Morgan fingerprint density at radius 3 is 2.81 bits per heavy atom. The van der Waals surface area contributed by atoms with Crippen molar-refractivity contribution in [1.82, 2.24) is 10.2 Å². The summed E-state index contributed by atoms with van der Waals surface area (Å²) in [5.74, 6) is -1.92. The van der Waals surface area contributed by atoms with Crippen LogP contribution in [0.5, 0.6) is 5.75 Å². The lowest BCUT2D eigenvalue weighted by atomic mass is 10.1. The van der Waals surface area contributed by atoms with E-state index in [2.05, 4.69) is 5.32 Å². The Labute approximate surface area is 120 Å². The van der Waals surface area contributed by atoms with Gasteiger partial charge in [-0.1, -0.05) is 6.07 Å². The number of ether oxygens (including phenoxy) is 1. The molecule has 1 atom stereocenters. The highest BCUT2D eigenvalue weighted by Crippen LogP contribution is 2.19. The number of nitrogens with one attached hydrogen (secondary N) is 1. The maximum absolute atomic E-state index is 13.6. The zero-order chi connectivity index (χ0) is 15.6. The standard InChI is InChI=1S/C14H15FN2O4/c1-8-14(20)16-12(18)7-17(8)13(19)6-9-3-4-11(21-2)10(15)5-9/h3-5,8H,6-7H2,1-2H3,(H,16,18,20). The first-order valence-corrected chi connectivity index (χ1v) is 6.38. The molecule has 1 aromatic rings. The monoisotopic (exact) mass is 294 g/mol. The summed E-state index contributed by atoms with van der Waals surface area (Å²) >= 11 is 0. The number of benzene rings is 1. The van der Waals surface area contributed by atoms with Crippen molar-refractivity contribution in [1.29, 1.82) is 0 Å². The molecule has 0 saturated carbocycles. The van der Waals surface area contributed by atoms with Crippen LogP contribution in [0.4, 0.5) is 4.39 Å². The second-order valence-electron chi connectivity index (χ2n) is 4.76. The zero-order valence-electron chi connectivity index (χ0n) is 11.7. The van der Waals surface area contributed by atoms with Crippen LogP contribution in [0, 0.1) is 5.82 Å². The first kappa shape index (κ1) is 15.0. The third-order valence-electron chi connectivity index (χ3n) is 3.32. The van der Waals surface area contributed by atoms with E-state index in [0.29, 0.717) is 5.56 Å². The summed E-state index contributed by atoms with van der Waals surface area (Å²) in [6.07, 6.45) is -0.0915. The molecule has 0 aliphatic carbocycles. The second kappa shape index (κ2) is 5.90. The van der Waals surface area contributed by atoms with Crippen LogP contribution in [0.1, 0.15) is 12.5 Å². The van der Waals surface area contributed by atoms with Crippen LogP contribution >= 0.6 is 0 Å². The van der Waals surface area contributed by atoms with Crippen LogP contribution in [-0.2, 0) is 20.8 Å². The van der Waals surface area contributed by atoms with Crippen molar-refractivity contribution in [2.75, 3.05) is 13.7 Å². The fourth-order valence-corrected chi connectivity index (χ4v) is 2.11. The molecule has 112 valence electrons. The summed E-state index contributed by atoms with van der Waals surface area (Å²) in [5, 5.41) is 2.15. The molecule has 1 saturated heterocycles. The molecular weight excluding hydrogens is 279 g/mol. The lowest BCUT2D eigenvalue weighted by molar-refractivity contribution is -0.149. The van der Waals surface area contributed by atoms with Crippen LogP contribution in [-0.4, -0.2) is 42.3 Å². The minimum absolute atomic E-state index is 0.0899. The minimum atomic E-state index is -0.724. The number of nitrogens with zero attached hydrogens (tertiary/aromatic N) is 1. The van der Waals surface area contributed by atoms with E-state index in [1.807, 2.05) is 0 Å². The molecule has 1 heterocycles. The number of methoxy groups -OCH3 is 1. The number of hydrogen-bond acceptors (Lipinski definition) is 4. The largest absolute Gasteiger partial charge is 0.494 e. The normalized spacial score (nSPS) is 18.4. The molecule has 3 amide bonds. The molecule has 0 aromatic heterocycles. The Kier molecular flexibility index (Phi) is 4.21. The van der Waals surface area contributed by atoms with Crippen LogP contribution in [0.25, 0.3) is 0 Å². The Hall–Kier alpha value is -2.44. The minimum Gasteiger partial charge on any atom is -0.494 e. The van der Waals surface area contributed by atoms with Crippen molar-refractivity contribution >= 4 is 17.7 Å². The number of amides is 3. The van der Waals surface area contributed by atoms with Gasteiger partial charge < -0.3 is 9.64 Å². The summed E-state index contributed by atoms with van der Waals surface area (Å²) in [6.45, 7) is 1.36. The highest BCUT2D eigenvalue weighted by Gasteiger charge is 2.33. The predicted molar refractivity (Wildman–Crippen MR) is 71.0 cm³/mol. The van der Waals surface area contributed by atoms with Gasteiger partial charge in [-0.25, -0.2) is 4.39 Å². The number of rotatable bonds is 3. The van der Waals surface area contributed by atoms with Crippen LogP contribution in [0.2, 0.25) is 0 Å². The van der Waals surface area contributed by atoms with Gasteiger partial charge in [-0.3, -0.25) is 19.7 Å². The summed E-state index contributed by atoms with van der Waals surface area (Å²) in [5.41, 5.74) is 0.448. The van der Waals surface area contributed by atoms with Crippen LogP contribution in [0.3, 0.4) is 0 Å². The van der Waals surface area contributed by atoms with Gasteiger partial charge in [0.2, 0.25) is 17.7 Å². The number of piperazine rings is 1. The smallest absolute Gasteiger partial charge is 0.249 e. The Balaban J connectivity index is 2.12. The quantitative estimate of drug-likeness (QED) is 0.811. The van der Waals surface area contributed by atoms with E-state index in [4.69, 9.17) is 4.74 Å². The zero-order valence-corrected chi connectivity index (χ0v) is 11.7. The van der Waals surface area contributed by atoms with E-state index in [9.17, 15) is 18.8 Å². The number of hydrogen-bond donors (Lipinski definition) is 1. The number of carbonyl (C=O) groups is 3. The fourth-order valence-electron chi connectivity index (χ4n) is 2.11. The number of imide groups is 1. The van der Waals surface area contributed by atoms with Gasteiger partial charge in [-0.05, 0) is 24.6 Å². The predicted octanol–water partition coefficient (Wildman–Crippen LogP) is 0.250.